The van der Waals surface area contributed by atoms with Gasteiger partial charge in [0.05, 0.1) is 16.8 Å². The molecule has 2 heterocycles. The Labute approximate surface area is 324 Å². The molecule has 1 aromatic heterocycles. The van der Waals surface area contributed by atoms with Gasteiger partial charge in [0.25, 0.3) is 0 Å². The average Bonchev–Trinajstić information content (AvgIpc) is 3.90. The number of rotatable bonds is 4. The minimum Gasteiger partial charge on any atom is -0.387 e. The third-order valence-electron chi connectivity index (χ3n) is 12.2. The molecule has 8 aromatic carbocycles. The number of hydrogen-bond donors (Lipinski definition) is 1. The highest BCUT2D eigenvalue weighted by atomic mass is 32.1. The smallest absolute Gasteiger partial charge is 0.0726 e. The van der Waals surface area contributed by atoms with Crippen molar-refractivity contribution in [3.8, 4) is 33.4 Å². The first-order valence-corrected chi connectivity index (χ1v) is 19.9. The van der Waals surface area contributed by atoms with Gasteiger partial charge in [0, 0.05) is 38.0 Å². The fourth-order valence-electron chi connectivity index (χ4n) is 9.93. The molecule has 0 saturated heterocycles. The molecule has 3 aliphatic rings. The van der Waals surface area contributed by atoms with Crippen LogP contribution in [0.15, 0.2) is 182 Å². The molecule has 9 aromatic rings. The van der Waals surface area contributed by atoms with Crippen LogP contribution in [0.4, 0.5) is 17.1 Å². The first-order valence-electron chi connectivity index (χ1n) is 19.1. The van der Waals surface area contributed by atoms with Crippen LogP contribution in [0.1, 0.15) is 33.4 Å². The largest absolute Gasteiger partial charge is 0.387 e. The number of benzene rings is 8. The molecule has 0 radical (unpaired) electrons. The molecule has 1 aliphatic heterocycles. The van der Waals surface area contributed by atoms with E-state index in [0.29, 0.717) is 0 Å². The number of hydrogen-bond acceptors (Lipinski definition) is 3. The highest BCUT2D eigenvalue weighted by Gasteiger charge is 2.52. The zero-order chi connectivity index (χ0) is 36.1. The zero-order valence-electron chi connectivity index (χ0n) is 30.0. The molecule has 0 unspecified atom stereocenters. The number of thiophene rings is 1. The molecule has 12 rings (SSSR count). The monoisotopic (exact) mass is 718 g/mol. The summed E-state index contributed by atoms with van der Waals surface area (Å²) in [5, 5.41) is 6.08. The van der Waals surface area contributed by atoms with E-state index in [1.54, 1.807) is 0 Å². The Morgan fingerprint density at radius 1 is 0.509 bits per heavy atom. The molecule has 1 spiro atoms. The molecule has 258 valence electrons. The topological polar surface area (TPSA) is 15.3 Å². The summed E-state index contributed by atoms with van der Waals surface area (Å²) in [7, 11) is 0. The van der Waals surface area contributed by atoms with Crippen LogP contribution >= 0.6 is 11.3 Å². The molecule has 0 fully saturated rings. The predicted molar refractivity (Wildman–Crippen MR) is 232 cm³/mol. The van der Waals surface area contributed by atoms with Crippen molar-refractivity contribution in [2.24, 2.45) is 0 Å². The van der Waals surface area contributed by atoms with Crippen molar-refractivity contribution >= 4 is 54.6 Å². The summed E-state index contributed by atoms with van der Waals surface area (Å²) in [6, 6.07) is 65.7. The molecule has 3 heteroatoms. The average molecular weight is 719 g/mol. The molecule has 0 atom stereocenters. The summed E-state index contributed by atoms with van der Waals surface area (Å²) in [5.41, 5.74) is 18.8. The van der Waals surface area contributed by atoms with E-state index in [9.17, 15) is 0 Å². The van der Waals surface area contributed by atoms with Crippen molar-refractivity contribution in [3.63, 3.8) is 0 Å². The minimum absolute atomic E-state index is 0.418. The SMILES string of the molecule is C1=Cc2ccc3c(sc4cccc(N(c5ccc(-c6ccccc6)cc5)c5cccc6c5-c5ccccc5C65c6ccccc6-c6ccccc65)c43)c2CN1. The van der Waals surface area contributed by atoms with Gasteiger partial charge in [0.15, 0.2) is 0 Å². The number of fused-ring (bicyclic) bond motifs is 15. The van der Waals surface area contributed by atoms with Crippen LogP contribution < -0.4 is 10.2 Å². The van der Waals surface area contributed by atoms with Crippen LogP contribution in [0.25, 0.3) is 59.6 Å². The molecule has 2 aliphatic carbocycles. The Hall–Kier alpha value is -6.68. The molecule has 0 amide bonds. The van der Waals surface area contributed by atoms with Crippen molar-refractivity contribution in [2.75, 3.05) is 4.90 Å². The summed E-state index contributed by atoms with van der Waals surface area (Å²) in [6.45, 7) is 0.837. The molecule has 1 N–H and O–H groups in total. The van der Waals surface area contributed by atoms with Gasteiger partial charge in [-0.25, -0.2) is 0 Å². The maximum absolute atomic E-state index is 3.48. The third-order valence-corrected chi connectivity index (χ3v) is 13.4. The van der Waals surface area contributed by atoms with Crippen LogP contribution in [0.3, 0.4) is 0 Å². The third kappa shape index (κ3) is 4.19. The van der Waals surface area contributed by atoms with E-state index in [0.717, 1.165) is 12.2 Å². The summed E-state index contributed by atoms with van der Waals surface area (Å²) in [4.78, 5) is 2.54. The molecule has 0 bridgehead atoms. The van der Waals surface area contributed by atoms with E-state index < -0.39 is 5.41 Å². The van der Waals surface area contributed by atoms with Gasteiger partial charge in [-0.15, -0.1) is 11.3 Å². The lowest BCUT2D eigenvalue weighted by molar-refractivity contribution is 0.794. The van der Waals surface area contributed by atoms with Crippen LogP contribution in [0.2, 0.25) is 0 Å². The van der Waals surface area contributed by atoms with Crippen LogP contribution in [-0.4, -0.2) is 0 Å². The van der Waals surface area contributed by atoms with E-state index in [1.165, 1.54) is 98.3 Å². The Morgan fingerprint density at radius 3 is 1.89 bits per heavy atom. The van der Waals surface area contributed by atoms with Crippen molar-refractivity contribution in [3.05, 3.63) is 216 Å². The first-order chi connectivity index (χ1) is 27.3. The Bertz CT molecular complexity index is 3000. The highest BCUT2D eigenvalue weighted by molar-refractivity contribution is 7.26. The second kappa shape index (κ2) is 11.7. The number of anilines is 3. The maximum atomic E-state index is 3.48. The lowest BCUT2D eigenvalue weighted by atomic mass is 9.70. The normalized spacial score (nSPS) is 14.0. The van der Waals surface area contributed by atoms with Crippen LogP contribution in [0, 0.1) is 0 Å². The molecule has 2 nitrogen and oxygen atoms in total. The molecule has 0 saturated carbocycles. The lowest BCUT2D eigenvalue weighted by Crippen LogP contribution is -2.26. The van der Waals surface area contributed by atoms with E-state index >= 15 is 0 Å². The van der Waals surface area contributed by atoms with Crippen molar-refractivity contribution in [1.29, 1.82) is 0 Å². The van der Waals surface area contributed by atoms with Crippen molar-refractivity contribution in [1.82, 2.24) is 5.32 Å². The van der Waals surface area contributed by atoms with Crippen LogP contribution in [0.5, 0.6) is 0 Å². The van der Waals surface area contributed by atoms with Gasteiger partial charge >= 0.3 is 0 Å². The Morgan fingerprint density at radius 2 is 1.13 bits per heavy atom. The van der Waals surface area contributed by atoms with Gasteiger partial charge in [-0.2, -0.15) is 0 Å². The molecular formula is C52H34N2S. The van der Waals surface area contributed by atoms with E-state index in [-0.39, 0.29) is 0 Å². The van der Waals surface area contributed by atoms with Gasteiger partial charge in [0.1, 0.15) is 0 Å². The van der Waals surface area contributed by atoms with E-state index in [1.807, 2.05) is 11.3 Å². The fraction of sp³-hybridized carbons (Fsp3) is 0.0385. The standard InChI is InChI=1S/C52H34N2S/c1-2-12-33(13-3-1)34-24-27-36(28-25-34)54(47-22-11-23-48-50(47)40-29-26-35-30-31-53-32-41(35)51(40)55-48)46-21-10-20-45-49(46)39-16-6-9-19-44(39)52(45)42-17-7-4-14-37(42)38-15-5-8-18-43(38)52/h1-31,53H,32H2. The summed E-state index contributed by atoms with van der Waals surface area (Å²) in [5.74, 6) is 0. The number of nitrogens with one attached hydrogen (secondary N) is 1. The van der Waals surface area contributed by atoms with Gasteiger partial charge in [-0.05, 0) is 104 Å². The van der Waals surface area contributed by atoms with Gasteiger partial charge in [0.2, 0.25) is 0 Å². The van der Waals surface area contributed by atoms with Gasteiger partial charge in [-0.1, -0.05) is 146 Å². The maximum Gasteiger partial charge on any atom is 0.0726 e. The van der Waals surface area contributed by atoms with E-state index in [2.05, 4.69) is 198 Å². The summed E-state index contributed by atoms with van der Waals surface area (Å²) >= 11 is 1.91. The zero-order valence-corrected chi connectivity index (χ0v) is 30.8. The lowest BCUT2D eigenvalue weighted by Gasteiger charge is -2.32. The van der Waals surface area contributed by atoms with Crippen LogP contribution in [-0.2, 0) is 12.0 Å². The number of nitrogens with zero attached hydrogens (tertiary/aromatic N) is 1. The van der Waals surface area contributed by atoms with E-state index in [4.69, 9.17) is 0 Å². The first kappa shape index (κ1) is 30.7. The van der Waals surface area contributed by atoms with Crippen molar-refractivity contribution < 1.29 is 0 Å². The Kier molecular flexibility index (Phi) is 6.52. The second-order valence-electron chi connectivity index (χ2n) is 14.8. The molecular weight excluding hydrogens is 685 g/mol. The fourth-order valence-corrected chi connectivity index (χ4v) is 11.2. The molecule has 55 heavy (non-hydrogen) atoms. The second-order valence-corrected chi connectivity index (χ2v) is 15.9. The predicted octanol–water partition coefficient (Wildman–Crippen LogP) is 13.6. The van der Waals surface area contributed by atoms with Crippen molar-refractivity contribution in [2.45, 2.75) is 12.0 Å². The summed E-state index contributed by atoms with van der Waals surface area (Å²) < 4.78 is 2.65. The highest BCUT2D eigenvalue weighted by Crippen LogP contribution is 2.65. The quantitative estimate of drug-likeness (QED) is 0.195. The Balaban J connectivity index is 1.17. The van der Waals surface area contributed by atoms with Gasteiger partial charge in [-0.3, -0.25) is 0 Å². The van der Waals surface area contributed by atoms with Gasteiger partial charge < -0.3 is 10.2 Å². The minimum atomic E-state index is -0.418. The summed E-state index contributed by atoms with van der Waals surface area (Å²) in [6.07, 6.45) is 4.26.